The van der Waals surface area contributed by atoms with Crippen molar-refractivity contribution in [2.24, 2.45) is 0 Å². The van der Waals surface area contributed by atoms with Crippen molar-refractivity contribution >= 4 is 36.9 Å². The molecular formula is C26H25BrN2O2S. The van der Waals surface area contributed by atoms with Gasteiger partial charge in [0.15, 0.2) is 0 Å². The van der Waals surface area contributed by atoms with Gasteiger partial charge in [-0.2, -0.15) is 0 Å². The summed E-state index contributed by atoms with van der Waals surface area (Å²) in [5.41, 5.74) is 3.85. The number of nitrogens with zero attached hydrogens (tertiary/aromatic N) is 2. The van der Waals surface area contributed by atoms with Crippen LogP contribution in [0.4, 0.5) is 0 Å². The summed E-state index contributed by atoms with van der Waals surface area (Å²) in [5, 5.41) is 0.952. The van der Waals surface area contributed by atoms with Crippen molar-refractivity contribution in [3.63, 3.8) is 0 Å². The zero-order valence-electron chi connectivity index (χ0n) is 17.9. The Labute approximate surface area is 197 Å². The largest absolute Gasteiger partial charge is 0.291 e. The maximum Gasteiger partial charge on any atom is 0.268 e. The molecule has 4 aromatic rings. The maximum atomic E-state index is 13.8. The molecule has 1 fully saturated rings. The van der Waals surface area contributed by atoms with Crippen LogP contribution in [0.2, 0.25) is 0 Å². The van der Waals surface area contributed by atoms with E-state index >= 15 is 0 Å². The monoisotopic (exact) mass is 508 g/mol. The van der Waals surface area contributed by atoms with Crippen molar-refractivity contribution in [2.45, 2.75) is 37.2 Å². The number of hydrogen-bond donors (Lipinski definition) is 0. The van der Waals surface area contributed by atoms with Crippen LogP contribution < -0.4 is 0 Å². The summed E-state index contributed by atoms with van der Waals surface area (Å²) in [7, 11) is -3.73. The second-order valence-electron chi connectivity index (χ2n) is 8.47. The summed E-state index contributed by atoms with van der Waals surface area (Å²) < 4.78 is 30.3. The molecule has 0 aliphatic carbocycles. The molecule has 1 unspecified atom stereocenters. The van der Waals surface area contributed by atoms with Crippen LogP contribution in [-0.2, 0) is 16.6 Å². The first-order chi connectivity index (χ1) is 15.4. The van der Waals surface area contributed by atoms with Crippen LogP contribution in [0, 0.1) is 6.92 Å². The zero-order valence-corrected chi connectivity index (χ0v) is 20.3. The molecule has 0 N–H and O–H groups in total. The molecule has 1 aromatic heterocycles. The average molecular weight is 509 g/mol. The van der Waals surface area contributed by atoms with Gasteiger partial charge in [-0.05, 0) is 68.3 Å². The first-order valence-corrected chi connectivity index (χ1v) is 13.1. The van der Waals surface area contributed by atoms with E-state index in [-0.39, 0.29) is 6.04 Å². The lowest BCUT2D eigenvalue weighted by Gasteiger charge is -2.26. The number of aryl methyl sites for hydroxylation is 1. The lowest BCUT2D eigenvalue weighted by molar-refractivity contribution is 0.244. The molecule has 1 aliphatic heterocycles. The number of likely N-dealkylation sites (tertiary alicyclic amines) is 1. The van der Waals surface area contributed by atoms with Crippen LogP contribution >= 0.6 is 15.9 Å². The van der Waals surface area contributed by atoms with E-state index < -0.39 is 10.0 Å². The van der Waals surface area contributed by atoms with Crippen LogP contribution in [0.5, 0.6) is 0 Å². The molecule has 164 valence electrons. The number of halogens is 1. The Morgan fingerprint density at radius 1 is 0.969 bits per heavy atom. The summed E-state index contributed by atoms with van der Waals surface area (Å²) >= 11 is 3.50. The molecule has 32 heavy (non-hydrogen) atoms. The summed E-state index contributed by atoms with van der Waals surface area (Å²) in [6.07, 6.45) is 1.99. The minimum Gasteiger partial charge on any atom is -0.291 e. The van der Waals surface area contributed by atoms with E-state index in [1.807, 2.05) is 43.3 Å². The third-order valence-corrected chi connectivity index (χ3v) is 8.54. The van der Waals surface area contributed by atoms with Gasteiger partial charge in [0.2, 0.25) is 0 Å². The van der Waals surface area contributed by atoms with Crippen molar-refractivity contribution in [3.8, 4) is 0 Å². The number of rotatable bonds is 5. The molecule has 4 nitrogen and oxygen atoms in total. The molecule has 0 spiro atoms. The van der Waals surface area contributed by atoms with Crippen molar-refractivity contribution in [3.05, 3.63) is 100 Å². The standard InChI is InChI=1S/C26H25BrN2O2S/c1-19-8-14-23(15-9-19)32(30,31)29-24-6-3-2-5-21(24)17-26(29)25-7-4-16-28(25)18-20-10-12-22(27)13-11-20/h2-3,5-6,8-15,17,25H,4,7,16,18H2,1H3. The molecule has 1 saturated heterocycles. The number of para-hydroxylation sites is 1. The Kier molecular flexibility index (Phi) is 5.70. The van der Waals surface area contributed by atoms with Crippen LogP contribution in [0.3, 0.4) is 0 Å². The van der Waals surface area contributed by atoms with Gasteiger partial charge in [0.25, 0.3) is 10.0 Å². The van der Waals surface area contributed by atoms with Gasteiger partial charge in [-0.3, -0.25) is 4.90 Å². The molecule has 0 amide bonds. The van der Waals surface area contributed by atoms with Gasteiger partial charge in [-0.15, -0.1) is 0 Å². The molecule has 5 rings (SSSR count). The summed E-state index contributed by atoms with van der Waals surface area (Å²) in [5.74, 6) is 0. The van der Waals surface area contributed by atoms with Gasteiger partial charge >= 0.3 is 0 Å². The van der Waals surface area contributed by atoms with E-state index in [1.165, 1.54) is 5.56 Å². The second-order valence-corrected chi connectivity index (χ2v) is 11.2. The van der Waals surface area contributed by atoms with E-state index in [1.54, 1.807) is 16.1 Å². The Morgan fingerprint density at radius 3 is 2.44 bits per heavy atom. The molecule has 0 saturated carbocycles. The minimum absolute atomic E-state index is 0.0475. The Bertz CT molecular complexity index is 1360. The molecule has 0 radical (unpaired) electrons. The highest BCUT2D eigenvalue weighted by Gasteiger charge is 2.33. The van der Waals surface area contributed by atoms with E-state index in [9.17, 15) is 8.42 Å². The third kappa shape index (κ3) is 3.91. The quantitative estimate of drug-likeness (QED) is 0.318. The second kappa shape index (κ2) is 8.50. The fraction of sp³-hybridized carbons (Fsp3) is 0.231. The van der Waals surface area contributed by atoms with Crippen LogP contribution in [-0.4, -0.2) is 23.8 Å². The van der Waals surface area contributed by atoms with E-state index in [4.69, 9.17) is 0 Å². The lowest BCUT2D eigenvalue weighted by atomic mass is 10.1. The van der Waals surface area contributed by atoms with Gasteiger partial charge in [-0.25, -0.2) is 12.4 Å². The molecule has 3 aromatic carbocycles. The first-order valence-electron chi connectivity index (χ1n) is 10.8. The van der Waals surface area contributed by atoms with Crippen molar-refractivity contribution in [2.75, 3.05) is 6.54 Å². The van der Waals surface area contributed by atoms with Gasteiger partial charge in [0.05, 0.1) is 22.1 Å². The molecule has 2 heterocycles. The lowest BCUT2D eigenvalue weighted by Crippen LogP contribution is -2.26. The molecular weight excluding hydrogens is 484 g/mol. The molecule has 6 heteroatoms. The number of fused-ring (bicyclic) bond motifs is 1. The minimum atomic E-state index is -3.73. The predicted octanol–water partition coefficient (Wildman–Crippen LogP) is 6.29. The van der Waals surface area contributed by atoms with E-state index in [0.717, 1.165) is 52.6 Å². The number of aromatic nitrogens is 1. The summed E-state index contributed by atoms with van der Waals surface area (Å²) in [4.78, 5) is 2.72. The third-order valence-electron chi connectivity index (χ3n) is 6.26. The van der Waals surface area contributed by atoms with Crippen molar-refractivity contribution < 1.29 is 8.42 Å². The normalized spacial score (nSPS) is 17.2. The zero-order chi connectivity index (χ0) is 22.3. The van der Waals surface area contributed by atoms with Crippen LogP contribution in [0.1, 0.15) is 35.7 Å². The highest BCUT2D eigenvalue weighted by molar-refractivity contribution is 9.10. The van der Waals surface area contributed by atoms with Gasteiger partial charge in [0, 0.05) is 16.4 Å². The number of benzene rings is 3. The van der Waals surface area contributed by atoms with Crippen molar-refractivity contribution in [1.82, 2.24) is 8.87 Å². The molecule has 1 aliphatic rings. The highest BCUT2D eigenvalue weighted by atomic mass is 79.9. The van der Waals surface area contributed by atoms with Crippen molar-refractivity contribution in [1.29, 1.82) is 0 Å². The fourth-order valence-electron chi connectivity index (χ4n) is 4.64. The summed E-state index contributed by atoms with van der Waals surface area (Å²) in [6.45, 7) is 3.71. The Balaban J connectivity index is 1.61. The fourth-order valence-corrected chi connectivity index (χ4v) is 6.47. The Hall–Kier alpha value is -2.41. The number of hydrogen-bond acceptors (Lipinski definition) is 3. The van der Waals surface area contributed by atoms with E-state index in [2.05, 4.69) is 51.2 Å². The Morgan fingerprint density at radius 2 is 1.69 bits per heavy atom. The average Bonchev–Trinajstić information content (AvgIpc) is 3.40. The summed E-state index contributed by atoms with van der Waals surface area (Å²) in [6, 6.07) is 25.3. The topological polar surface area (TPSA) is 42.3 Å². The predicted molar refractivity (Wildman–Crippen MR) is 132 cm³/mol. The first kappa shape index (κ1) is 21.4. The highest BCUT2D eigenvalue weighted by Crippen LogP contribution is 2.38. The maximum absolute atomic E-state index is 13.8. The molecule has 0 bridgehead atoms. The van der Waals surface area contributed by atoms with Crippen LogP contribution in [0.15, 0.2) is 88.2 Å². The van der Waals surface area contributed by atoms with Crippen LogP contribution in [0.25, 0.3) is 10.9 Å². The smallest absolute Gasteiger partial charge is 0.268 e. The molecule has 1 atom stereocenters. The van der Waals surface area contributed by atoms with E-state index in [0.29, 0.717) is 4.90 Å². The van der Waals surface area contributed by atoms with Gasteiger partial charge in [-0.1, -0.05) is 64.0 Å². The SMILES string of the molecule is Cc1ccc(S(=O)(=O)n2c(C3CCCN3Cc3ccc(Br)cc3)cc3ccccc32)cc1. The van der Waals surface area contributed by atoms with Gasteiger partial charge < -0.3 is 0 Å². The van der Waals surface area contributed by atoms with Gasteiger partial charge in [0.1, 0.15) is 0 Å².